The number of rotatable bonds is 9. The number of Topliss-reactive ketones (excluding diaryl/α,β-unsaturated/α-hetero) is 1. The Labute approximate surface area is 170 Å². The number of hydrogen-bond donors (Lipinski definition) is 2. The van der Waals surface area contributed by atoms with Gasteiger partial charge in [-0.1, -0.05) is 18.2 Å². The molecule has 0 heterocycles. The van der Waals surface area contributed by atoms with Crippen LogP contribution in [0, 0.1) is 5.82 Å². The third-order valence-electron chi connectivity index (χ3n) is 4.16. The van der Waals surface area contributed by atoms with E-state index in [2.05, 4.69) is 10.3 Å². The van der Waals surface area contributed by atoms with Gasteiger partial charge in [0.05, 0.1) is 13.1 Å². The average Bonchev–Trinajstić information content (AvgIpc) is 2.69. The maximum Gasteiger partial charge on any atom is 0.253 e. The fourth-order valence-corrected chi connectivity index (χ4v) is 2.59. The molecule has 1 unspecified atom stereocenters. The highest BCUT2D eigenvalue weighted by atomic mass is 19.1. The van der Waals surface area contributed by atoms with Gasteiger partial charge in [-0.25, -0.2) is 4.39 Å². The van der Waals surface area contributed by atoms with Gasteiger partial charge in [0, 0.05) is 25.9 Å². The van der Waals surface area contributed by atoms with E-state index in [4.69, 9.17) is 5.73 Å². The number of aliphatic imine (C=N–C) groups is 1. The van der Waals surface area contributed by atoms with E-state index in [0.29, 0.717) is 11.1 Å². The van der Waals surface area contributed by atoms with E-state index in [1.165, 1.54) is 49.4 Å². The van der Waals surface area contributed by atoms with E-state index in [-0.39, 0.29) is 24.8 Å². The van der Waals surface area contributed by atoms with E-state index in [9.17, 15) is 18.8 Å². The maximum atomic E-state index is 13.3. The van der Waals surface area contributed by atoms with Crippen LogP contribution in [-0.4, -0.2) is 55.9 Å². The average molecular weight is 402 g/mol. The maximum absolute atomic E-state index is 13.3. The molecule has 0 fully saturated rings. The predicted octanol–water partition coefficient (Wildman–Crippen LogP) is 1.35. The van der Waals surface area contributed by atoms with Crippen molar-refractivity contribution >= 4 is 23.8 Å². The molecule has 0 aliphatic heterocycles. The minimum absolute atomic E-state index is 0.186. The van der Waals surface area contributed by atoms with E-state index < -0.39 is 17.3 Å². The molecule has 29 heavy (non-hydrogen) atoms. The first kappa shape index (κ1) is 23.9. The van der Waals surface area contributed by atoms with Crippen molar-refractivity contribution in [2.45, 2.75) is 19.4 Å². The SMILES string of the molecule is C/C=C(/C=C\C=N/C)C(=O)N(C)CC(N)(C(=O)NCC(C)=O)c1ccc(F)cc1. The van der Waals surface area contributed by atoms with Crippen molar-refractivity contribution in [3.8, 4) is 0 Å². The summed E-state index contributed by atoms with van der Waals surface area (Å²) >= 11 is 0. The number of nitrogens with zero attached hydrogens (tertiary/aromatic N) is 2. The number of amides is 2. The number of ketones is 1. The second-order valence-electron chi connectivity index (χ2n) is 6.53. The number of likely N-dealkylation sites (N-methyl/N-ethyl adjacent to an activating group) is 1. The summed E-state index contributed by atoms with van der Waals surface area (Å²) in [6.07, 6.45) is 6.39. The molecule has 7 nitrogen and oxygen atoms in total. The summed E-state index contributed by atoms with van der Waals surface area (Å²) in [6.45, 7) is 2.66. The minimum atomic E-state index is -1.68. The fraction of sp³-hybridized carbons (Fsp3) is 0.333. The topological polar surface area (TPSA) is 105 Å². The summed E-state index contributed by atoms with van der Waals surface area (Å²) in [5, 5.41) is 2.47. The smallest absolute Gasteiger partial charge is 0.253 e. The molecule has 0 aliphatic rings. The van der Waals surface area contributed by atoms with Crippen LogP contribution >= 0.6 is 0 Å². The Hall–Kier alpha value is -3.13. The number of nitrogens with two attached hydrogens (primary N) is 1. The first-order valence-electron chi connectivity index (χ1n) is 8.99. The quantitative estimate of drug-likeness (QED) is 0.369. The van der Waals surface area contributed by atoms with Gasteiger partial charge in [-0.15, -0.1) is 0 Å². The van der Waals surface area contributed by atoms with Crippen LogP contribution < -0.4 is 11.1 Å². The molecular formula is C21H27FN4O3. The van der Waals surface area contributed by atoms with Gasteiger partial charge in [-0.3, -0.25) is 19.4 Å². The zero-order chi connectivity index (χ0) is 22.0. The van der Waals surface area contributed by atoms with Gasteiger partial charge < -0.3 is 16.0 Å². The van der Waals surface area contributed by atoms with Crippen molar-refractivity contribution in [3.63, 3.8) is 0 Å². The Kier molecular flexibility index (Phi) is 9.08. The van der Waals surface area contributed by atoms with Crippen molar-refractivity contribution < 1.29 is 18.8 Å². The summed E-state index contributed by atoms with van der Waals surface area (Å²) < 4.78 is 13.3. The van der Waals surface area contributed by atoms with Crippen molar-refractivity contribution in [2.24, 2.45) is 10.7 Å². The van der Waals surface area contributed by atoms with Crippen LogP contribution in [0.2, 0.25) is 0 Å². The lowest BCUT2D eigenvalue weighted by Gasteiger charge is -2.33. The largest absolute Gasteiger partial charge is 0.347 e. The number of benzene rings is 1. The number of carbonyl (C=O) groups is 3. The van der Waals surface area contributed by atoms with E-state index in [1.54, 1.807) is 32.2 Å². The van der Waals surface area contributed by atoms with Crippen LogP contribution in [0.5, 0.6) is 0 Å². The summed E-state index contributed by atoms with van der Waals surface area (Å²) in [4.78, 5) is 41.9. The van der Waals surface area contributed by atoms with Crippen LogP contribution in [0.4, 0.5) is 4.39 Å². The zero-order valence-electron chi connectivity index (χ0n) is 17.1. The molecule has 0 bridgehead atoms. The molecule has 0 aromatic heterocycles. The van der Waals surface area contributed by atoms with Crippen LogP contribution in [0.3, 0.4) is 0 Å². The molecule has 1 rings (SSSR count). The number of carbonyl (C=O) groups excluding carboxylic acids is 3. The van der Waals surface area contributed by atoms with Gasteiger partial charge in [0.15, 0.2) is 0 Å². The molecule has 8 heteroatoms. The zero-order valence-corrected chi connectivity index (χ0v) is 17.1. The first-order valence-corrected chi connectivity index (χ1v) is 8.99. The fourth-order valence-electron chi connectivity index (χ4n) is 2.59. The van der Waals surface area contributed by atoms with Crippen LogP contribution in [-0.2, 0) is 19.9 Å². The highest BCUT2D eigenvalue weighted by Gasteiger charge is 2.38. The second kappa shape index (κ2) is 11.0. The van der Waals surface area contributed by atoms with Gasteiger partial charge in [0.2, 0.25) is 5.91 Å². The van der Waals surface area contributed by atoms with Crippen molar-refractivity contribution in [2.75, 3.05) is 27.2 Å². The third-order valence-corrected chi connectivity index (χ3v) is 4.16. The van der Waals surface area contributed by atoms with Crippen molar-refractivity contribution in [1.82, 2.24) is 10.2 Å². The molecule has 1 atom stereocenters. The Balaban J connectivity index is 3.19. The first-order chi connectivity index (χ1) is 13.7. The Morgan fingerprint density at radius 3 is 2.41 bits per heavy atom. The van der Waals surface area contributed by atoms with Crippen LogP contribution in [0.25, 0.3) is 0 Å². The van der Waals surface area contributed by atoms with Gasteiger partial charge in [-0.2, -0.15) is 0 Å². The Morgan fingerprint density at radius 2 is 1.90 bits per heavy atom. The molecule has 0 spiro atoms. The monoisotopic (exact) mass is 402 g/mol. The minimum Gasteiger partial charge on any atom is -0.347 e. The van der Waals surface area contributed by atoms with Gasteiger partial charge in [0.1, 0.15) is 17.1 Å². The van der Waals surface area contributed by atoms with E-state index >= 15 is 0 Å². The molecule has 2 amide bonds. The van der Waals surface area contributed by atoms with E-state index in [1.807, 2.05) is 0 Å². The molecule has 0 aliphatic carbocycles. The number of halogens is 1. The van der Waals surface area contributed by atoms with Crippen LogP contribution in [0.1, 0.15) is 19.4 Å². The normalized spacial score (nSPS) is 14.1. The molecule has 0 saturated carbocycles. The lowest BCUT2D eigenvalue weighted by atomic mass is 9.89. The second-order valence-corrected chi connectivity index (χ2v) is 6.53. The summed E-state index contributed by atoms with van der Waals surface area (Å²) in [5.41, 5.74) is 5.43. The highest BCUT2D eigenvalue weighted by molar-refractivity contribution is 5.98. The Bertz CT molecular complexity index is 831. The predicted molar refractivity (Wildman–Crippen MR) is 111 cm³/mol. The summed E-state index contributed by atoms with van der Waals surface area (Å²) in [6, 6.07) is 5.13. The van der Waals surface area contributed by atoms with Gasteiger partial charge >= 0.3 is 0 Å². The Morgan fingerprint density at radius 1 is 1.28 bits per heavy atom. The highest BCUT2D eigenvalue weighted by Crippen LogP contribution is 2.21. The van der Waals surface area contributed by atoms with Gasteiger partial charge in [-0.05, 0) is 43.7 Å². The van der Waals surface area contributed by atoms with E-state index in [0.717, 1.165) is 0 Å². The number of allylic oxidation sites excluding steroid dienone is 2. The lowest BCUT2D eigenvalue weighted by Crippen LogP contribution is -2.58. The van der Waals surface area contributed by atoms with Crippen molar-refractivity contribution in [3.05, 3.63) is 59.4 Å². The standard InChI is InChI=1S/C21H27FN4O3/c1-5-16(7-6-12-24-3)19(28)26(4)14-21(23,20(29)25-13-15(2)27)17-8-10-18(22)11-9-17/h5-12H,13-14,23H2,1-4H3,(H,25,29)/b7-6-,16-5-,24-12-. The third kappa shape index (κ3) is 6.76. The number of hydrogen-bond acceptors (Lipinski definition) is 5. The summed E-state index contributed by atoms with van der Waals surface area (Å²) in [7, 11) is 3.12. The molecule has 156 valence electrons. The molecule has 0 radical (unpaired) electrons. The van der Waals surface area contributed by atoms with Crippen molar-refractivity contribution in [1.29, 1.82) is 0 Å². The lowest BCUT2D eigenvalue weighted by molar-refractivity contribution is -0.132. The van der Waals surface area contributed by atoms with Crippen LogP contribution in [0.15, 0.2) is 53.1 Å². The molecule has 3 N–H and O–H groups in total. The van der Waals surface area contributed by atoms with Gasteiger partial charge in [0.25, 0.3) is 5.91 Å². The molecule has 1 aromatic carbocycles. The summed E-state index contributed by atoms with van der Waals surface area (Å²) in [5.74, 6) is -1.73. The molecule has 0 saturated heterocycles. The molecular weight excluding hydrogens is 375 g/mol. The number of nitrogens with one attached hydrogen (secondary N) is 1. The molecule has 1 aromatic rings.